The monoisotopic (exact) mass is 259 g/mol. The van der Waals surface area contributed by atoms with Crippen LogP contribution >= 0.6 is 12.4 Å². The number of halogens is 2. The number of hydrogen-bond acceptors (Lipinski definition) is 2. The number of rotatable bonds is 3. The molecule has 1 aromatic carbocycles. The van der Waals surface area contributed by atoms with E-state index >= 15 is 0 Å². The van der Waals surface area contributed by atoms with E-state index in [9.17, 15) is 9.50 Å². The van der Waals surface area contributed by atoms with Crippen molar-refractivity contribution in [3.05, 3.63) is 35.1 Å². The first kappa shape index (κ1) is 14.4. The molecule has 0 spiro atoms. The van der Waals surface area contributed by atoms with E-state index in [4.69, 9.17) is 5.73 Å². The lowest BCUT2D eigenvalue weighted by molar-refractivity contribution is 0.0411. The summed E-state index contributed by atoms with van der Waals surface area (Å²) in [4.78, 5) is 0. The first-order valence-corrected chi connectivity index (χ1v) is 5.79. The van der Waals surface area contributed by atoms with E-state index in [1.54, 1.807) is 6.07 Å². The van der Waals surface area contributed by atoms with Gasteiger partial charge in [-0.05, 0) is 48.9 Å². The average molecular weight is 260 g/mol. The van der Waals surface area contributed by atoms with E-state index in [2.05, 4.69) is 0 Å². The maximum atomic E-state index is 13.1. The van der Waals surface area contributed by atoms with Gasteiger partial charge in [0, 0.05) is 0 Å². The second kappa shape index (κ2) is 5.80. The predicted molar refractivity (Wildman–Crippen MR) is 68.7 cm³/mol. The Balaban J connectivity index is 0.00000144. The average Bonchev–Trinajstić information content (AvgIpc) is 2.18. The van der Waals surface area contributed by atoms with Gasteiger partial charge in [-0.1, -0.05) is 12.5 Å². The first-order valence-electron chi connectivity index (χ1n) is 5.79. The van der Waals surface area contributed by atoms with Crippen LogP contribution in [0.15, 0.2) is 18.2 Å². The molecule has 1 fully saturated rings. The molecular formula is C13H19ClFNO. The van der Waals surface area contributed by atoms with E-state index in [1.165, 1.54) is 12.1 Å². The van der Waals surface area contributed by atoms with Gasteiger partial charge in [-0.25, -0.2) is 4.39 Å². The molecule has 0 heterocycles. The summed E-state index contributed by atoms with van der Waals surface area (Å²) < 4.78 is 13.1. The van der Waals surface area contributed by atoms with Gasteiger partial charge in [-0.2, -0.15) is 0 Å². The van der Waals surface area contributed by atoms with E-state index in [0.29, 0.717) is 0 Å². The zero-order valence-electron chi connectivity index (χ0n) is 9.90. The van der Waals surface area contributed by atoms with Crippen molar-refractivity contribution in [1.82, 2.24) is 0 Å². The fraction of sp³-hybridized carbons (Fsp3) is 0.538. The summed E-state index contributed by atoms with van der Waals surface area (Å²) in [5.74, 6) is -0.00507. The third-order valence-electron chi connectivity index (χ3n) is 3.60. The molecule has 0 saturated heterocycles. The molecule has 0 bridgehead atoms. The van der Waals surface area contributed by atoms with E-state index in [0.717, 1.165) is 30.4 Å². The van der Waals surface area contributed by atoms with Crippen molar-refractivity contribution in [3.63, 3.8) is 0 Å². The Kier molecular flexibility index (Phi) is 4.92. The molecule has 96 valence electrons. The SMILES string of the molecule is Cc1ccc(F)cc1[C@H](N)[C@H](O)C1CCC1.Cl. The van der Waals surface area contributed by atoms with Gasteiger partial charge in [-0.15, -0.1) is 12.4 Å². The fourth-order valence-electron chi connectivity index (χ4n) is 2.23. The normalized spacial score (nSPS) is 19.1. The number of nitrogens with two attached hydrogens (primary N) is 1. The summed E-state index contributed by atoms with van der Waals surface area (Å²) in [6, 6.07) is 4.09. The second-order valence-corrected chi connectivity index (χ2v) is 4.71. The minimum absolute atomic E-state index is 0. The van der Waals surface area contributed by atoms with Crippen LogP contribution in [0.1, 0.15) is 36.4 Å². The van der Waals surface area contributed by atoms with Crippen molar-refractivity contribution in [3.8, 4) is 0 Å². The molecule has 1 aliphatic carbocycles. The summed E-state index contributed by atoms with van der Waals surface area (Å²) in [5, 5.41) is 10.1. The highest BCUT2D eigenvalue weighted by atomic mass is 35.5. The minimum atomic E-state index is -0.547. The molecule has 2 nitrogen and oxygen atoms in total. The summed E-state index contributed by atoms with van der Waals surface area (Å²) >= 11 is 0. The maximum absolute atomic E-state index is 13.1. The van der Waals surface area contributed by atoms with Crippen LogP contribution in [0, 0.1) is 18.7 Å². The zero-order valence-corrected chi connectivity index (χ0v) is 10.7. The highest BCUT2D eigenvalue weighted by Gasteiger charge is 2.31. The Morgan fingerprint density at radius 2 is 2.06 bits per heavy atom. The van der Waals surface area contributed by atoms with Crippen molar-refractivity contribution in [2.45, 2.75) is 38.3 Å². The number of aliphatic hydroxyl groups excluding tert-OH is 1. The van der Waals surface area contributed by atoms with Gasteiger partial charge in [0.1, 0.15) is 5.82 Å². The molecule has 4 heteroatoms. The van der Waals surface area contributed by atoms with Gasteiger partial charge in [0.05, 0.1) is 12.1 Å². The molecule has 2 atom stereocenters. The maximum Gasteiger partial charge on any atom is 0.123 e. The smallest absolute Gasteiger partial charge is 0.123 e. The molecular weight excluding hydrogens is 241 g/mol. The van der Waals surface area contributed by atoms with E-state index < -0.39 is 12.1 Å². The molecule has 3 N–H and O–H groups in total. The van der Waals surface area contributed by atoms with Gasteiger partial charge < -0.3 is 10.8 Å². The summed E-state index contributed by atoms with van der Waals surface area (Å²) in [6.45, 7) is 1.89. The topological polar surface area (TPSA) is 46.2 Å². The predicted octanol–water partition coefficient (Wildman–Crippen LogP) is 2.72. The van der Waals surface area contributed by atoms with Crippen LogP contribution in [0.5, 0.6) is 0 Å². The molecule has 2 rings (SSSR count). The summed E-state index contributed by atoms with van der Waals surface area (Å²) in [5.41, 5.74) is 7.66. The molecule has 0 aromatic heterocycles. The van der Waals surface area contributed by atoms with Crippen LogP contribution in [0.25, 0.3) is 0 Å². The Labute approximate surface area is 107 Å². The van der Waals surface area contributed by atoms with Crippen LogP contribution in [-0.4, -0.2) is 11.2 Å². The minimum Gasteiger partial charge on any atom is -0.391 e. The standard InChI is InChI=1S/C13H18FNO.ClH/c1-8-5-6-10(14)7-11(8)12(15)13(16)9-3-2-4-9;/h5-7,9,12-13,16H,2-4,15H2,1H3;1H/t12-,13+;/m0./s1. The van der Waals surface area contributed by atoms with Crippen LogP contribution in [0.2, 0.25) is 0 Å². The van der Waals surface area contributed by atoms with Crippen LogP contribution in [0.4, 0.5) is 4.39 Å². The van der Waals surface area contributed by atoms with Crippen molar-refractivity contribution in [2.75, 3.05) is 0 Å². The molecule has 1 aromatic rings. The number of aliphatic hydroxyl groups is 1. The Morgan fingerprint density at radius 3 is 2.59 bits per heavy atom. The summed E-state index contributed by atoms with van der Waals surface area (Å²) in [7, 11) is 0. The molecule has 0 aliphatic heterocycles. The number of hydrogen-bond donors (Lipinski definition) is 2. The molecule has 0 amide bonds. The molecule has 0 unspecified atom stereocenters. The van der Waals surface area contributed by atoms with Gasteiger partial charge in [0.15, 0.2) is 0 Å². The van der Waals surface area contributed by atoms with Gasteiger partial charge in [-0.3, -0.25) is 0 Å². The molecule has 1 aliphatic rings. The third kappa shape index (κ3) is 2.97. The second-order valence-electron chi connectivity index (χ2n) is 4.71. The lowest BCUT2D eigenvalue weighted by Gasteiger charge is -2.34. The van der Waals surface area contributed by atoms with Gasteiger partial charge in [0.2, 0.25) is 0 Å². The lowest BCUT2D eigenvalue weighted by atomic mass is 9.77. The Bertz CT molecular complexity index is 382. The number of benzene rings is 1. The van der Waals surface area contributed by atoms with Crippen LogP contribution < -0.4 is 5.73 Å². The largest absolute Gasteiger partial charge is 0.391 e. The third-order valence-corrected chi connectivity index (χ3v) is 3.60. The van der Waals surface area contributed by atoms with Crippen molar-refractivity contribution in [1.29, 1.82) is 0 Å². The summed E-state index contributed by atoms with van der Waals surface area (Å²) in [6.07, 6.45) is 2.68. The fourth-order valence-corrected chi connectivity index (χ4v) is 2.23. The lowest BCUT2D eigenvalue weighted by Crippen LogP contribution is -2.36. The molecule has 17 heavy (non-hydrogen) atoms. The van der Waals surface area contributed by atoms with Crippen molar-refractivity contribution in [2.24, 2.45) is 11.7 Å². The molecule has 1 saturated carbocycles. The van der Waals surface area contributed by atoms with Crippen LogP contribution in [-0.2, 0) is 0 Å². The van der Waals surface area contributed by atoms with Crippen LogP contribution in [0.3, 0.4) is 0 Å². The van der Waals surface area contributed by atoms with Gasteiger partial charge >= 0.3 is 0 Å². The quantitative estimate of drug-likeness (QED) is 0.877. The zero-order chi connectivity index (χ0) is 11.7. The van der Waals surface area contributed by atoms with Crippen molar-refractivity contribution < 1.29 is 9.50 Å². The highest BCUT2D eigenvalue weighted by Crippen LogP contribution is 2.35. The Hall–Kier alpha value is -0.640. The van der Waals surface area contributed by atoms with E-state index in [1.807, 2.05) is 6.92 Å². The van der Waals surface area contributed by atoms with Gasteiger partial charge in [0.25, 0.3) is 0 Å². The van der Waals surface area contributed by atoms with E-state index in [-0.39, 0.29) is 24.1 Å². The molecule has 0 radical (unpaired) electrons. The van der Waals surface area contributed by atoms with Crippen molar-refractivity contribution >= 4 is 12.4 Å². The highest BCUT2D eigenvalue weighted by molar-refractivity contribution is 5.85. The Morgan fingerprint density at radius 1 is 1.41 bits per heavy atom. The first-order chi connectivity index (χ1) is 7.59. The number of aryl methyl sites for hydroxylation is 1.